The van der Waals surface area contributed by atoms with Crippen molar-refractivity contribution in [2.45, 2.75) is 25.9 Å². The standard InChI is InChI=1S/C18H17N5OS/c1-11-3-4-14-12(7-11)8-15(23-14)17(24)21-9-13-10-25-18(22-13)16-19-5-2-6-20-16/h2-7,10,15,23H,8-9H2,1H3,(H,21,24)/t15-/m1/s1. The summed E-state index contributed by atoms with van der Waals surface area (Å²) in [6, 6.07) is 7.75. The van der Waals surface area contributed by atoms with E-state index < -0.39 is 0 Å². The average molecular weight is 351 g/mol. The number of nitrogens with one attached hydrogen (secondary N) is 2. The predicted octanol–water partition coefficient (Wildman–Crippen LogP) is 2.56. The molecular weight excluding hydrogens is 334 g/mol. The first-order chi connectivity index (χ1) is 12.2. The third-order valence-corrected chi connectivity index (χ3v) is 4.97. The zero-order valence-electron chi connectivity index (χ0n) is 13.7. The molecule has 1 atom stereocenters. The minimum absolute atomic E-state index is 0.0145. The van der Waals surface area contributed by atoms with Gasteiger partial charge in [-0.05, 0) is 24.6 Å². The molecule has 3 aromatic rings. The molecule has 2 aromatic heterocycles. The van der Waals surface area contributed by atoms with Gasteiger partial charge in [0.1, 0.15) is 6.04 Å². The Morgan fingerprint density at radius 1 is 1.36 bits per heavy atom. The highest BCUT2D eigenvalue weighted by Gasteiger charge is 2.26. The Morgan fingerprint density at radius 3 is 3.04 bits per heavy atom. The first-order valence-corrected chi connectivity index (χ1v) is 8.92. The lowest BCUT2D eigenvalue weighted by Gasteiger charge is -2.11. The maximum atomic E-state index is 12.4. The Balaban J connectivity index is 1.36. The van der Waals surface area contributed by atoms with E-state index >= 15 is 0 Å². The van der Waals surface area contributed by atoms with Gasteiger partial charge in [-0.15, -0.1) is 11.3 Å². The highest BCUT2D eigenvalue weighted by Crippen LogP contribution is 2.26. The minimum Gasteiger partial charge on any atom is -0.373 e. The molecule has 0 fully saturated rings. The molecule has 1 amide bonds. The molecule has 126 valence electrons. The number of aromatic nitrogens is 3. The molecule has 4 rings (SSSR count). The van der Waals surface area contributed by atoms with Crippen LogP contribution in [0.25, 0.3) is 10.8 Å². The third-order valence-electron chi connectivity index (χ3n) is 4.08. The van der Waals surface area contributed by atoms with Crippen molar-refractivity contribution in [2.24, 2.45) is 0 Å². The summed E-state index contributed by atoms with van der Waals surface area (Å²) in [4.78, 5) is 25.3. The number of anilines is 1. The third kappa shape index (κ3) is 3.36. The number of rotatable bonds is 4. The molecule has 0 radical (unpaired) electrons. The van der Waals surface area contributed by atoms with E-state index in [1.807, 2.05) is 11.4 Å². The fraction of sp³-hybridized carbons (Fsp3) is 0.222. The summed E-state index contributed by atoms with van der Waals surface area (Å²) in [5, 5.41) is 8.91. The molecule has 0 spiro atoms. The zero-order valence-corrected chi connectivity index (χ0v) is 14.5. The molecule has 0 unspecified atom stereocenters. The maximum absolute atomic E-state index is 12.4. The SMILES string of the molecule is Cc1ccc2c(c1)C[C@H](C(=O)NCc1csc(-c3ncccn3)n1)N2. The summed E-state index contributed by atoms with van der Waals surface area (Å²) in [6.45, 7) is 2.46. The summed E-state index contributed by atoms with van der Waals surface area (Å²) in [6.07, 6.45) is 4.09. The van der Waals surface area contributed by atoms with E-state index in [0.29, 0.717) is 18.8 Å². The van der Waals surface area contributed by atoms with E-state index in [9.17, 15) is 4.79 Å². The molecule has 1 aliphatic rings. The topological polar surface area (TPSA) is 79.8 Å². The van der Waals surface area contributed by atoms with Gasteiger partial charge in [0.05, 0.1) is 12.2 Å². The number of nitrogens with zero attached hydrogens (tertiary/aromatic N) is 3. The van der Waals surface area contributed by atoms with E-state index in [1.54, 1.807) is 18.5 Å². The smallest absolute Gasteiger partial charge is 0.243 e. The Labute approximate surface area is 149 Å². The summed E-state index contributed by atoms with van der Waals surface area (Å²) >= 11 is 1.47. The number of hydrogen-bond donors (Lipinski definition) is 2. The summed E-state index contributed by atoms with van der Waals surface area (Å²) in [7, 11) is 0. The van der Waals surface area contributed by atoms with Crippen molar-refractivity contribution in [1.29, 1.82) is 0 Å². The first-order valence-electron chi connectivity index (χ1n) is 8.04. The van der Waals surface area contributed by atoms with Crippen molar-refractivity contribution in [2.75, 3.05) is 5.32 Å². The molecule has 0 bridgehead atoms. The molecule has 2 N–H and O–H groups in total. The van der Waals surface area contributed by atoms with Crippen molar-refractivity contribution in [3.05, 3.63) is 58.9 Å². The van der Waals surface area contributed by atoms with Gasteiger partial charge in [-0.2, -0.15) is 0 Å². The molecule has 0 saturated heterocycles. The highest BCUT2D eigenvalue weighted by atomic mass is 32.1. The number of fused-ring (bicyclic) bond motifs is 1. The molecule has 1 aliphatic heterocycles. The number of amides is 1. The zero-order chi connectivity index (χ0) is 17.2. The van der Waals surface area contributed by atoms with E-state index in [0.717, 1.165) is 16.4 Å². The van der Waals surface area contributed by atoms with Gasteiger partial charge in [0.2, 0.25) is 5.91 Å². The predicted molar refractivity (Wildman–Crippen MR) is 97.3 cm³/mol. The van der Waals surface area contributed by atoms with Crippen LogP contribution in [0, 0.1) is 6.92 Å². The second kappa shape index (κ2) is 6.60. The fourth-order valence-corrected chi connectivity index (χ4v) is 3.61. The molecule has 1 aromatic carbocycles. The highest BCUT2D eigenvalue weighted by molar-refractivity contribution is 7.13. The normalized spacial score (nSPS) is 15.5. The van der Waals surface area contributed by atoms with E-state index in [4.69, 9.17) is 0 Å². The lowest BCUT2D eigenvalue weighted by atomic mass is 10.1. The Hall–Kier alpha value is -2.80. The van der Waals surface area contributed by atoms with Gasteiger partial charge in [0.25, 0.3) is 0 Å². The molecule has 7 heteroatoms. The number of thiazole rings is 1. The second-order valence-electron chi connectivity index (χ2n) is 6.00. The van der Waals surface area contributed by atoms with E-state index in [1.165, 1.54) is 22.5 Å². The monoisotopic (exact) mass is 351 g/mol. The van der Waals surface area contributed by atoms with Crippen molar-refractivity contribution in [3.63, 3.8) is 0 Å². The van der Waals surface area contributed by atoms with Crippen LogP contribution in [0.3, 0.4) is 0 Å². The Morgan fingerprint density at radius 2 is 2.20 bits per heavy atom. The second-order valence-corrected chi connectivity index (χ2v) is 6.85. The maximum Gasteiger partial charge on any atom is 0.243 e. The molecule has 25 heavy (non-hydrogen) atoms. The van der Waals surface area contributed by atoms with Crippen LogP contribution < -0.4 is 10.6 Å². The molecule has 3 heterocycles. The molecule has 0 aliphatic carbocycles. The Kier molecular flexibility index (Phi) is 4.15. The quantitative estimate of drug-likeness (QED) is 0.755. The molecule has 0 saturated carbocycles. The van der Waals surface area contributed by atoms with Crippen molar-refractivity contribution in [3.8, 4) is 10.8 Å². The number of benzene rings is 1. The van der Waals surface area contributed by atoms with Gasteiger partial charge >= 0.3 is 0 Å². The average Bonchev–Trinajstić information content (AvgIpc) is 3.27. The van der Waals surface area contributed by atoms with Gasteiger partial charge in [-0.1, -0.05) is 17.7 Å². The van der Waals surface area contributed by atoms with E-state index in [2.05, 4.69) is 44.6 Å². The van der Waals surface area contributed by atoms with Crippen molar-refractivity contribution in [1.82, 2.24) is 20.3 Å². The summed E-state index contributed by atoms with van der Waals surface area (Å²) in [5.74, 6) is 0.590. The van der Waals surface area contributed by atoms with Gasteiger partial charge < -0.3 is 10.6 Å². The summed E-state index contributed by atoms with van der Waals surface area (Å²) < 4.78 is 0. The van der Waals surface area contributed by atoms with Gasteiger partial charge in [0.15, 0.2) is 10.8 Å². The van der Waals surface area contributed by atoms with Crippen LogP contribution in [0.2, 0.25) is 0 Å². The van der Waals surface area contributed by atoms with Crippen LogP contribution in [-0.2, 0) is 17.8 Å². The largest absolute Gasteiger partial charge is 0.373 e. The van der Waals surface area contributed by atoms with Crippen LogP contribution in [0.5, 0.6) is 0 Å². The van der Waals surface area contributed by atoms with Crippen LogP contribution >= 0.6 is 11.3 Å². The minimum atomic E-state index is -0.229. The van der Waals surface area contributed by atoms with Crippen LogP contribution in [0.4, 0.5) is 5.69 Å². The number of aryl methyl sites for hydroxylation is 1. The number of carbonyl (C=O) groups is 1. The van der Waals surface area contributed by atoms with Crippen LogP contribution in [0.1, 0.15) is 16.8 Å². The van der Waals surface area contributed by atoms with Gasteiger partial charge in [0, 0.05) is 29.9 Å². The molecular formula is C18H17N5OS. The Bertz CT molecular complexity index is 909. The number of hydrogen-bond acceptors (Lipinski definition) is 6. The van der Waals surface area contributed by atoms with Crippen LogP contribution in [0.15, 0.2) is 42.0 Å². The molecule has 6 nitrogen and oxygen atoms in total. The van der Waals surface area contributed by atoms with Gasteiger partial charge in [-0.25, -0.2) is 15.0 Å². The van der Waals surface area contributed by atoms with Crippen molar-refractivity contribution < 1.29 is 4.79 Å². The fourth-order valence-electron chi connectivity index (χ4n) is 2.85. The van der Waals surface area contributed by atoms with E-state index in [-0.39, 0.29) is 11.9 Å². The lowest BCUT2D eigenvalue weighted by molar-refractivity contribution is -0.121. The summed E-state index contributed by atoms with van der Waals surface area (Å²) in [5.41, 5.74) is 4.26. The lowest BCUT2D eigenvalue weighted by Crippen LogP contribution is -2.38. The first kappa shape index (κ1) is 15.7. The van der Waals surface area contributed by atoms with Crippen LogP contribution in [-0.4, -0.2) is 26.9 Å². The van der Waals surface area contributed by atoms with Crippen molar-refractivity contribution >= 4 is 22.9 Å². The van der Waals surface area contributed by atoms with Gasteiger partial charge in [-0.3, -0.25) is 4.79 Å². The number of carbonyl (C=O) groups excluding carboxylic acids is 1.